The van der Waals surface area contributed by atoms with Gasteiger partial charge in [-0.2, -0.15) is 0 Å². The first-order valence-corrected chi connectivity index (χ1v) is 19.5. The van der Waals surface area contributed by atoms with Crippen molar-refractivity contribution in [2.24, 2.45) is 0 Å². The maximum atomic E-state index is 2.71. The molecule has 1 heterocycles. The second kappa shape index (κ2) is 30.8. The quantitative estimate of drug-likeness (QED) is 0.0719. The summed E-state index contributed by atoms with van der Waals surface area (Å²) >= 11 is 0. The molecule has 41 heavy (non-hydrogen) atoms. The molecule has 1 rings (SSSR count). The average molecular weight is 575 g/mol. The zero-order valence-corrected chi connectivity index (χ0v) is 29.0. The van der Waals surface area contributed by atoms with E-state index in [1.807, 2.05) is 0 Å². The Morgan fingerprint density at radius 1 is 0.317 bits per heavy atom. The molecule has 0 bridgehead atoms. The first-order chi connectivity index (χ1) is 20.3. The minimum Gasteiger partial charge on any atom is -0.356 e. The summed E-state index contributed by atoms with van der Waals surface area (Å²) in [6, 6.07) is 0. The third kappa shape index (κ3) is 23.5. The lowest BCUT2D eigenvalue weighted by atomic mass is 10.0. The van der Waals surface area contributed by atoms with E-state index in [0.29, 0.717) is 6.17 Å². The SMILES string of the molecule is CCCCCCCCCCCCCCCCCCN1C=CN(CCCCCCCC)C1CCCCCCCCCC. The van der Waals surface area contributed by atoms with Crippen molar-refractivity contribution in [3.63, 3.8) is 0 Å². The molecule has 2 nitrogen and oxygen atoms in total. The van der Waals surface area contributed by atoms with Crippen LogP contribution in [0.3, 0.4) is 0 Å². The van der Waals surface area contributed by atoms with Crippen LogP contribution in [0.4, 0.5) is 0 Å². The van der Waals surface area contributed by atoms with Crippen molar-refractivity contribution in [2.45, 2.75) is 226 Å². The molecule has 0 spiro atoms. The molecule has 0 saturated heterocycles. The Hall–Kier alpha value is -0.660. The van der Waals surface area contributed by atoms with Crippen molar-refractivity contribution in [2.75, 3.05) is 13.1 Å². The first kappa shape index (κ1) is 38.4. The highest BCUT2D eigenvalue weighted by molar-refractivity contribution is 4.97. The van der Waals surface area contributed by atoms with Crippen LogP contribution in [-0.2, 0) is 0 Å². The monoisotopic (exact) mass is 575 g/mol. The molecule has 1 aliphatic rings. The van der Waals surface area contributed by atoms with Gasteiger partial charge in [0, 0.05) is 25.5 Å². The van der Waals surface area contributed by atoms with Crippen LogP contribution in [-0.4, -0.2) is 29.1 Å². The molecule has 0 aliphatic carbocycles. The zero-order chi connectivity index (χ0) is 29.5. The fourth-order valence-corrected chi connectivity index (χ4v) is 6.72. The van der Waals surface area contributed by atoms with Gasteiger partial charge >= 0.3 is 0 Å². The van der Waals surface area contributed by atoms with Crippen LogP contribution in [0.25, 0.3) is 0 Å². The minimum absolute atomic E-state index is 0.641. The van der Waals surface area contributed by atoms with Gasteiger partial charge in [-0.3, -0.25) is 0 Å². The van der Waals surface area contributed by atoms with E-state index in [-0.39, 0.29) is 0 Å². The van der Waals surface area contributed by atoms with Gasteiger partial charge in [-0.25, -0.2) is 0 Å². The second-order valence-electron chi connectivity index (χ2n) is 13.6. The fourth-order valence-electron chi connectivity index (χ4n) is 6.72. The summed E-state index contributed by atoms with van der Waals surface area (Å²) in [5.74, 6) is 0. The third-order valence-electron chi connectivity index (χ3n) is 9.57. The molecular weight excluding hydrogens is 496 g/mol. The smallest absolute Gasteiger partial charge is 0.101 e. The largest absolute Gasteiger partial charge is 0.356 e. The van der Waals surface area contributed by atoms with Crippen molar-refractivity contribution in [3.8, 4) is 0 Å². The molecule has 244 valence electrons. The molecule has 0 amide bonds. The molecule has 0 fully saturated rings. The molecule has 0 radical (unpaired) electrons. The Morgan fingerprint density at radius 3 is 0.854 bits per heavy atom. The molecule has 0 aromatic heterocycles. The van der Waals surface area contributed by atoms with Gasteiger partial charge in [0.25, 0.3) is 0 Å². The number of rotatable bonds is 33. The standard InChI is InChI=1S/C39H78N2/c1-4-7-10-13-16-18-19-20-21-22-23-24-25-27-30-33-36-41-38-37-40(35-32-29-15-12-9-6-3)39(41)34-31-28-26-17-14-11-8-5-2/h37-39H,4-36H2,1-3H3. The second-order valence-corrected chi connectivity index (χ2v) is 13.6. The fraction of sp³-hybridized carbons (Fsp3) is 0.949. The van der Waals surface area contributed by atoms with Crippen molar-refractivity contribution in [1.29, 1.82) is 0 Å². The Balaban J connectivity index is 2.13. The van der Waals surface area contributed by atoms with Crippen LogP contribution in [0.2, 0.25) is 0 Å². The summed E-state index contributed by atoms with van der Waals surface area (Å²) in [5, 5.41) is 0. The summed E-state index contributed by atoms with van der Waals surface area (Å²) in [5.41, 5.74) is 0. The molecule has 2 heteroatoms. The van der Waals surface area contributed by atoms with Crippen LogP contribution in [0.5, 0.6) is 0 Å². The van der Waals surface area contributed by atoms with Crippen molar-refractivity contribution in [1.82, 2.24) is 9.80 Å². The van der Waals surface area contributed by atoms with Crippen LogP contribution in [0, 0.1) is 0 Å². The highest BCUT2D eigenvalue weighted by atomic mass is 15.4. The molecule has 0 saturated carbocycles. The van der Waals surface area contributed by atoms with Gasteiger partial charge in [0.2, 0.25) is 0 Å². The molecule has 0 N–H and O–H groups in total. The lowest BCUT2D eigenvalue weighted by Crippen LogP contribution is -2.39. The summed E-state index contributed by atoms with van der Waals surface area (Å²) in [4.78, 5) is 5.41. The number of nitrogens with zero attached hydrogens (tertiary/aromatic N) is 2. The maximum absolute atomic E-state index is 2.71. The normalized spacial score (nSPS) is 15.0. The minimum atomic E-state index is 0.641. The number of unbranched alkanes of at least 4 members (excludes halogenated alkanes) is 27. The van der Waals surface area contributed by atoms with E-state index < -0.39 is 0 Å². The molecule has 1 aliphatic heterocycles. The third-order valence-corrected chi connectivity index (χ3v) is 9.57. The number of hydrogen-bond donors (Lipinski definition) is 0. The Labute approximate surface area is 260 Å². The molecule has 0 aromatic carbocycles. The van der Waals surface area contributed by atoms with E-state index in [4.69, 9.17) is 0 Å². The van der Waals surface area contributed by atoms with E-state index in [1.165, 1.54) is 212 Å². The van der Waals surface area contributed by atoms with E-state index in [0.717, 1.165) is 0 Å². The highest BCUT2D eigenvalue weighted by Crippen LogP contribution is 2.24. The van der Waals surface area contributed by atoms with Gasteiger partial charge in [-0.1, -0.05) is 194 Å². The number of hydrogen-bond acceptors (Lipinski definition) is 2. The van der Waals surface area contributed by atoms with E-state index in [1.54, 1.807) is 0 Å². The molecule has 1 unspecified atom stereocenters. The molecule has 1 atom stereocenters. The van der Waals surface area contributed by atoms with Crippen molar-refractivity contribution < 1.29 is 0 Å². The zero-order valence-electron chi connectivity index (χ0n) is 29.0. The topological polar surface area (TPSA) is 6.48 Å². The Morgan fingerprint density at radius 2 is 0.561 bits per heavy atom. The highest BCUT2D eigenvalue weighted by Gasteiger charge is 2.24. The van der Waals surface area contributed by atoms with Gasteiger partial charge in [-0.15, -0.1) is 0 Å². The van der Waals surface area contributed by atoms with Gasteiger partial charge in [-0.05, 0) is 25.7 Å². The first-order valence-electron chi connectivity index (χ1n) is 19.5. The molecular formula is C39H78N2. The van der Waals surface area contributed by atoms with Crippen LogP contribution in [0.15, 0.2) is 12.4 Å². The van der Waals surface area contributed by atoms with Gasteiger partial charge in [0.05, 0.1) is 0 Å². The molecule has 0 aromatic rings. The van der Waals surface area contributed by atoms with E-state index in [2.05, 4.69) is 43.0 Å². The summed E-state index contributed by atoms with van der Waals surface area (Å²) in [6.07, 6.45) is 49.9. The predicted octanol–water partition coefficient (Wildman–Crippen LogP) is 13.6. The lowest BCUT2D eigenvalue weighted by Gasteiger charge is -2.33. The van der Waals surface area contributed by atoms with E-state index >= 15 is 0 Å². The maximum Gasteiger partial charge on any atom is 0.101 e. The summed E-state index contributed by atoms with van der Waals surface area (Å²) in [6.45, 7) is 9.48. The summed E-state index contributed by atoms with van der Waals surface area (Å²) < 4.78 is 0. The van der Waals surface area contributed by atoms with Gasteiger partial charge in [0.15, 0.2) is 0 Å². The van der Waals surface area contributed by atoms with Gasteiger partial charge in [0.1, 0.15) is 6.17 Å². The Bertz CT molecular complexity index is 530. The van der Waals surface area contributed by atoms with Crippen LogP contribution < -0.4 is 0 Å². The van der Waals surface area contributed by atoms with Gasteiger partial charge < -0.3 is 9.80 Å². The average Bonchev–Trinajstić information content (AvgIpc) is 3.37. The predicted molar refractivity (Wildman–Crippen MR) is 186 cm³/mol. The Kier molecular flexibility index (Phi) is 28.8. The van der Waals surface area contributed by atoms with Crippen LogP contribution >= 0.6 is 0 Å². The van der Waals surface area contributed by atoms with Crippen molar-refractivity contribution >= 4 is 0 Å². The van der Waals surface area contributed by atoms with E-state index in [9.17, 15) is 0 Å². The van der Waals surface area contributed by atoms with Crippen molar-refractivity contribution in [3.05, 3.63) is 12.4 Å². The van der Waals surface area contributed by atoms with Crippen LogP contribution in [0.1, 0.15) is 220 Å². The summed E-state index contributed by atoms with van der Waals surface area (Å²) in [7, 11) is 0. The lowest BCUT2D eigenvalue weighted by molar-refractivity contribution is 0.135.